The van der Waals surface area contributed by atoms with E-state index >= 15 is 0 Å². The van der Waals surface area contributed by atoms with E-state index in [0.717, 1.165) is 24.4 Å². The van der Waals surface area contributed by atoms with Gasteiger partial charge in [0.1, 0.15) is 5.76 Å². The fraction of sp³-hybridized carbons (Fsp3) is 0.353. The van der Waals surface area contributed by atoms with Gasteiger partial charge >= 0.3 is 0 Å². The van der Waals surface area contributed by atoms with Crippen molar-refractivity contribution in [1.82, 2.24) is 5.32 Å². The van der Waals surface area contributed by atoms with Gasteiger partial charge in [-0.1, -0.05) is 18.5 Å². The van der Waals surface area contributed by atoms with Gasteiger partial charge in [0.05, 0.1) is 25.0 Å². The molecule has 6 heteroatoms. The molecule has 3 rings (SSSR count). The van der Waals surface area contributed by atoms with Crippen LogP contribution >= 0.6 is 23.4 Å². The number of furan rings is 1. The normalized spacial score (nSPS) is 17.5. The average molecular weight is 351 g/mol. The lowest BCUT2D eigenvalue weighted by molar-refractivity contribution is -0.120. The zero-order valence-electron chi connectivity index (χ0n) is 12.9. The lowest BCUT2D eigenvalue weighted by Crippen LogP contribution is -2.37. The van der Waals surface area contributed by atoms with Crippen molar-refractivity contribution in [2.24, 2.45) is 0 Å². The molecule has 23 heavy (non-hydrogen) atoms. The first-order chi connectivity index (χ1) is 11.1. The van der Waals surface area contributed by atoms with Gasteiger partial charge in [-0.25, -0.2) is 0 Å². The summed E-state index contributed by atoms with van der Waals surface area (Å²) in [6.45, 7) is 3.79. The summed E-state index contributed by atoms with van der Waals surface area (Å²) in [5, 5.41) is 4.11. The molecule has 0 saturated heterocycles. The predicted octanol–water partition coefficient (Wildman–Crippen LogP) is 3.94. The highest BCUT2D eigenvalue weighted by Crippen LogP contribution is 2.38. The van der Waals surface area contributed by atoms with E-state index in [4.69, 9.17) is 16.0 Å². The number of nitrogens with one attached hydrogen (secondary N) is 1. The molecule has 1 atom stereocenters. The van der Waals surface area contributed by atoms with Gasteiger partial charge in [0.15, 0.2) is 0 Å². The Morgan fingerprint density at radius 3 is 3.13 bits per heavy atom. The topological polar surface area (TPSA) is 45.5 Å². The molecule has 1 aromatic heterocycles. The number of fused-ring (bicyclic) bond motifs is 1. The van der Waals surface area contributed by atoms with E-state index in [-0.39, 0.29) is 5.91 Å². The van der Waals surface area contributed by atoms with Crippen molar-refractivity contribution in [2.75, 3.05) is 18.0 Å². The third-order valence-corrected chi connectivity index (χ3v) is 5.24. The number of carbonyl (C=O) groups excluding carboxylic acids is 1. The summed E-state index contributed by atoms with van der Waals surface area (Å²) < 4.78 is 5.23. The Morgan fingerprint density at radius 1 is 1.48 bits per heavy atom. The maximum absolute atomic E-state index is 12.3. The molecular weight excluding hydrogens is 332 g/mol. The zero-order valence-corrected chi connectivity index (χ0v) is 14.5. The molecule has 0 radical (unpaired) electrons. The van der Waals surface area contributed by atoms with Crippen LogP contribution in [0.3, 0.4) is 0 Å². The van der Waals surface area contributed by atoms with Gasteiger partial charge in [0.25, 0.3) is 0 Å². The largest absolute Gasteiger partial charge is 0.467 e. The van der Waals surface area contributed by atoms with Gasteiger partial charge in [-0.05, 0) is 36.8 Å². The minimum absolute atomic E-state index is 0.0214. The summed E-state index contributed by atoms with van der Waals surface area (Å²) in [5.74, 6) is 0.730. The van der Waals surface area contributed by atoms with Crippen LogP contribution in [-0.2, 0) is 11.3 Å². The van der Waals surface area contributed by atoms with Crippen LogP contribution < -0.4 is 10.2 Å². The molecule has 0 bridgehead atoms. The maximum atomic E-state index is 12.3. The molecule has 0 aliphatic carbocycles. The lowest BCUT2D eigenvalue weighted by Gasteiger charge is -2.24. The molecule has 0 saturated carbocycles. The first kappa shape index (κ1) is 16.3. The fourth-order valence-corrected chi connectivity index (χ4v) is 3.84. The number of halogens is 1. The second kappa shape index (κ2) is 7.32. The predicted molar refractivity (Wildman–Crippen MR) is 94.2 cm³/mol. The Labute approximate surface area is 145 Å². The van der Waals surface area contributed by atoms with Crippen molar-refractivity contribution in [2.45, 2.75) is 30.0 Å². The van der Waals surface area contributed by atoms with E-state index in [1.807, 2.05) is 42.1 Å². The van der Waals surface area contributed by atoms with Crippen molar-refractivity contribution in [1.29, 1.82) is 0 Å². The van der Waals surface area contributed by atoms with Crippen LogP contribution in [0.25, 0.3) is 0 Å². The number of amides is 1. The van der Waals surface area contributed by atoms with Crippen LogP contribution in [0.2, 0.25) is 5.02 Å². The molecule has 2 heterocycles. The van der Waals surface area contributed by atoms with Crippen LogP contribution in [0, 0.1) is 0 Å². The summed E-state index contributed by atoms with van der Waals surface area (Å²) in [6, 6.07) is 9.55. The van der Waals surface area contributed by atoms with E-state index in [0.29, 0.717) is 23.4 Å². The van der Waals surface area contributed by atoms with Crippen LogP contribution in [-0.4, -0.2) is 24.2 Å². The lowest BCUT2D eigenvalue weighted by atomic mass is 10.2. The number of hydrogen-bond acceptors (Lipinski definition) is 4. The Balaban J connectivity index is 1.69. The number of nitrogens with zero attached hydrogens (tertiary/aromatic N) is 1. The molecule has 122 valence electrons. The van der Waals surface area contributed by atoms with Crippen molar-refractivity contribution >= 4 is 35.0 Å². The molecule has 0 spiro atoms. The molecule has 2 aromatic rings. The summed E-state index contributed by atoms with van der Waals surface area (Å²) in [5.41, 5.74) is 1.04. The number of hydrogen-bond donors (Lipinski definition) is 1. The van der Waals surface area contributed by atoms with Crippen LogP contribution in [0.4, 0.5) is 5.69 Å². The van der Waals surface area contributed by atoms with Crippen LogP contribution in [0.5, 0.6) is 0 Å². The fourth-order valence-electron chi connectivity index (χ4n) is 2.56. The van der Waals surface area contributed by atoms with E-state index in [9.17, 15) is 4.79 Å². The van der Waals surface area contributed by atoms with Gasteiger partial charge in [-0.2, -0.15) is 0 Å². The third kappa shape index (κ3) is 4.24. The molecule has 4 nitrogen and oxygen atoms in total. The highest BCUT2D eigenvalue weighted by molar-refractivity contribution is 8.00. The highest BCUT2D eigenvalue weighted by Gasteiger charge is 2.21. The summed E-state index contributed by atoms with van der Waals surface area (Å²) in [7, 11) is 0. The smallest absolute Gasteiger partial charge is 0.239 e. The Hall–Kier alpha value is -1.59. The standard InChI is InChI=1S/C17H19ClN2O2S/c1-12-6-7-20(15-9-13(18)4-5-16(15)23-12)11-17(21)19-10-14-3-2-8-22-14/h2-5,8-9,12H,6-7,10-11H2,1H3,(H,19,21). The number of carbonyl (C=O) groups is 1. The van der Waals surface area contributed by atoms with Gasteiger partial charge < -0.3 is 14.6 Å². The molecule has 0 fully saturated rings. The molecular formula is C17H19ClN2O2S. The molecule has 1 aromatic carbocycles. The molecule has 1 amide bonds. The highest BCUT2D eigenvalue weighted by atomic mass is 35.5. The second-order valence-electron chi connectivity index (χ2n) is 5.61. The van der Waals surface area contributed by atoms with Gasteiger partial charge in [-0.15, -0.1) is 11.8 Å². The van der Waals surface area contributed by atoms with Crippen LogP contribution in [0.15, 0.2) is 45.9 Å². The van der Waals surface area contributed by atoms with Gasteiger partial charge in [0, 0.05) is 21.7 Å². The van der Waals surface area contributed by atoms with E-state index in [1.54, 1.807) is 6.26 Å². The van der Waals surface area contributed by atoms with E-state index < -0.39 is 0 Å². The maximum Gasteiger partial charge on any atom is 0.239 e. The Kier molecular flexibility index (Phi) is 5.18. The molecule has 1 aliphatic rings. The van der Waals surface area contributed by atoms with Crippen molar-refractivity contribution in [3.8, 4) is 0 Å². The van der Waals surface area contributed by atoms with E-state index in [1.165, 1.54) is 4.90 Å². The monoisotopic (exact) mass is 350 g/mol. The first-order valence-electron chi connectivity index (χ1n) is 7.62. The quantitative estimate of drug-likeness (QED) is 0.907. The summed E-state index contributed by atoms with van der Waals surface area (Å²) in [4.78, 5) is 15.5. The van der Waals surface area contributed by atoms with Crippen molar-refractivity contribution < 1.29 is 9.21 Å². The number of thioether (sulfide) groups is 1. The zero-order chi connectivity index (χ0) is 16.2. The van der Waals surface area contributed by atoms with Crippen molar-refractivity contribution in [3.63, 3.8) is 0 Å². The summed E-state index contributed by atoms with van der Waals surface area (Å²) >= 11 is 7.98. The number of rotatable bonds is 4. The first-order valence-corrected chi connectivity index (χ1v) is 8.88. The van der Waals surface area contributed by atoms with Gasteiger partial charge in [0.2, 0.25) is 5.91 Å². The van der Waals surface area contributed by atoms with E-state index in [2.05, 4.69) is 17.1 Å². The Morgan fingerprint density at radius 2 is 2.35 bits per heavy atom. The number of benzene rings is 1. The average Bonchev–Trinajstić information content (AvgIpc) is 2.99. The SMILES string of the molecule is CC1CCN(CC(=O)NCc2ccco2)c2cc(Cl)ccc2S1. The third-order valence-electron chi connectivity index (χ3n) is 3.77. The number of anilines is 1. The molecule has 1 aliphatic heterocycles. The van der Waals surface area contributed by atoms with Crippen LogP contribution in [0.1, 0.15) is 19.1 Å². The minimum Gasteiger partial charge on any atom is -0.467 e. The van der Waals surface area contributed by atoms with Gasteiger partial charge in [-0.3, -0.25) is 4.79 Å². The Bertz CT molecular complexity index is 675. The molecule has 1 N–H and O–H groups in total. The summed E-state index contributed by atoms with van der Waals surface area (Å²) in [6.07, 6.45) is 2.63. The van der Waals surface area contributed by atoms with Crippen molar-refractivity contribution in [3.05, 3.63) is 47.4 Å². The minimum atomic E-state index is -0.0214. The second-order valence-corrected chi connectivity index (χ2v) is 7.52. The molecule has 1 unspecified atom stereocenters.